The summed E-state index contributed by atoms with van der Waals surface area (Å²) in [5, 5.41) is 15.0. The van der Waals surface area contributed by atoms with Crippen molar-refractivity contribution in [2.75, 3.05) is 19.6 Å². The zero-order chi connectivity index (χ0) is 18.9. The third-order valence-electron chi connectivity index (χ3n) is 4.76. The number of nitrogens with two attached hydrogens (primary N) is 1. The first-order chi connectivity index (χ1) is 12.4. The average molecular weight is 379 g/mol. The van der Waals surface area contributed by atoms with Crippen LogP contribution in [0.25, 0.3) is 0 Å². The molecule has 0 unspecified atom stereocenters. The van der Waals surface area contributed by atoms with Gasteiger partial charge in [0.15, 0.2) is 0 Å². The Balaban J connectivity index is 1.96. The van der Waals surface area contributed by atoms with Gasteiger partial charge in [-0.15, -0.1) is 0 Å². The molecule has 2 aromatic rings. The number of benzene rings is 1. The molecule has 2 atom stereocenters. The van der Waals surface area contributed by atoms with Crippen molar-refractivity contribution in [1.82, 2.24) is 14.1 Å². The predicted octanol–water partition coefficient (Wildman–Crippen LogP) is 1.17. The highest BCUT2D eigenvalue weighted by Gasteiger charge is 2.43. The first-order valence-electron chi connectivity index (χ1n) is 8.35. The maximum Gasteiger partial charge on any atom is 0.410 e. The van der Waals surface area contributed by atoms with E-state index in [0.29, 0.717) is 13.1 Å². The summed E-state index contributed by atoms with van der Waals surface area (Å²) in [6.45, 7) is 2.88. The van der Waals surface area contributed by atoms with Crippen molar-refractivity contribution in [1.29, 1.82) is 0 Å². The molecule has 0 amide bonds. The Labute approximate surface area is 151 Å². The molecule has 1 aliphatic heterocycles. The summed E-state index contributed by atoms with van der Waals surface area (Å²) in [7, 11) is -4.03. The second-order valence-electron chi connectivity index (χ2n) is 6.26. The monoisotopic (exact) mass is 379 g/mol. The van der Waals surface area contributed by atoms with Crippen molar-refractivity contribution in [3.63, 3.8) is 0 Å². The van der Waals surface area contributed by atoms with Gasteiger partial charge in [-0.25, -0.2) is 8.42 Å². The molecule has 1 aromatic heterocycles. The summed E-state index contributed by atoms with van der Waals surface area (Å²) in [4.78, 5) is 10.1. The van der Waals surface area contributed by atoms with E-state index < -0.39 is 20.8 Å². The van der Waals surface area contributed by atoms with Crippen LogP contribution in [0.1, 0.15) is 18.4 Å². The van der Waals surface area contributed by atoms with Crippen LogP contribution in [0.15, 0.2) is 41.4 Å². The van der Waals surface area contributed by atoms with Crippen molar-refractivity contribution < 1.29 is 13.3 Å². The lowest BCUT2D eigenvalue weighted by Crippen LogP contribution is -2.30. The Kier molecular flexibility index (Phi) is 5.08. The van der Waals surface area contributed by atoms with Gasteiger partial charge in [-0.2, -0.15) is 8.99 Å². The predicted molar refractivity (Wildman–Crippen MR) is 95.0 cm³/mol. The molecule has 26 heavy (non-hydrogen) atoms. The molecule has 140 valence electrons. The highest BCUT2D eigenvalue weighted by molar-refractivity contribution is 7.89. The number of aryl methyl sites for hydroxylation is 1. The van der Waals surface area contributed by atoms with Gasteiger partial charge < -0.3 is 15.8 Å². The van der Waals surface area contributed by atoms with Crippen LogP contribution in [-0.2, 0) is 16.6 Å². The Bertz CT molecular complexity index is 897. The van der Waals surface area contributed by atoms with E-state index in [9.17, 15) is 18.5 Å². The third-order valence-corrected chi connectivity index (χ3v) is 6.58. The molecule has 9 nitrogen and oxygen atoms in total. The van der Waals surface area contributed by atoms with Crippen LogP contribution in [0, 0.1) is 16.0 Å². The molecule has 0 bridgehead atoms. The van der Waals surface area contributed by atoms with Gasteiger partial charge in [0.2, 0.25) is 4.90 Å². The number of aromatic nitrogens is 2. The number of sulfonamides is 1. The van der Waals surface area contributed by atoms with Gasteiger partial charge >= 0.3 is 5.82 Å². The van der Waals surface area contributed by atoms with E-state index in [1.165, 1.54) is 15.2 Å². The summed E-state index contributed by atoms with van der Waals surface area (Å²) in [6.07, 6.45) is 1.22. The second-order valence-corrected chi connectivity index (χ2v) is 8.17. The molecule has 0 saturated carbocycles. The summed E-state index contributed by atoms with van der Waals surface area (Å²) in [5.41, 5.74) is 6.88. The van der Waals surface area contributed by atoms with E-state index in [2.05, 4.69) is 5.10 Å². The Morgan fingerprint density at radius 1 is 1.31 bits per heavy atom. The number of rotatable bonds is 6. The molecule has 10 heteroatoms. The summed E-state index contributed by atoms with van der Waals surface area (Å²) >= 11 is 0. The molecular formula is C16H21N5O4S. The molecule has 2 N–H and O–H groups in total. The van der Waals surface area contributed by atoms with Gasteiger partial charge in [-0.1, -0.05) is 30.3 Å². The smallest absolute Gasteiger partial charge is 0.358 e. The van der Waals surface area contributed by atoms with Crippen molar-refractivity contribution in [2.45, 2.75) is 24.3 Å². The lowest BCUT2D eigenvalue weighted by Gasteiger charge is -2.16. The van der Waals surface area contributed by atoms with Crippen molar-refractivity contribution >= 4 is 15.8 Å². The molecule has 0 spiro atoms. The zero-order valence-electron chi connectivity index (χ0n) is 14.4. The molecule has 1 fully saturated rings. The highest BCUT2D eigenvalue weighted by Crippen LogP contribution is 2.36. The van der Waals surface area contributed by atoms with E-state index in [-0.39, 0.29) is 29.8 Å². The largest absolute Gasteiger partial charge is 0.410 e. The fourth-order valence-electron chi connectivity index (χ4n) is 3.35. The lowest BCUT2D eigenvalue weighted by molar-refractivity contribution is -0.392. The van der Waals surface area contributed by atoms with Gasteiger partial charge in [0.25, 0.3) is 10.0 Å². The molecule has 0 aliphatic carbocycles. The lowest BCUT2D eigenvalue weighted by atomic mass is 9.89. The minimum Gasteiger partial charge on any atom is -0.358 e. The standard InChI is InChI=1S/C16H21N5O4S/c1-2-19-11-15(16(18-19)21(22)23)26(24,25)20-9-13(8-17)14(10-20)12-6-4-3-5-7-12/h3-7,11,13-14H,2,8-10,17H2,1H3/t13-,14+/m1/s1. The van der Waals surface area contributed by atoms with Crippen LogP contribution < -0.4 is 5.73 Å². The van der Waals surface area contributed by atoms with Crippen molar-refractivity contribution in [2.24, 2.45) is 11.7 Å². The average Bonchev–Trinajstić information content (AvgIpc) is 3.27. The molecule has 0 radical (unpaired) electrons. The number of hydrogen-bond donors (Lipinski definition) is 1. The second kappa shape index (κ2) is 7.14. The first-order valence-corrected chi connectivity index (χ1v) is 9.79. The van der Waals surface area contributed by atoms with Crippen LogP contribution in [-0.4, -0.2) is 47.1 Å². The zero-order valence-corrected chi connectivity index (χ0v) is 15.2. The molecule has 1 aliphatic rings. The first kappa shape index (κ1) is 18.5. The quantitative estimate of drug-likeness (QED) is 0.593. The Morgan fingerprint density at radius 2 is 2.00 bits per heavy atom. The topological polar surface area (TPSA) is 124 Å². The SMILES string of the molecule is CCn1cc(S(=O)(=O)N2C[C@@H](CN)[C@H](c3ccccc3)C2)c([N+](=O)[O-])n1. The van der Waals surface area contributed by atoms with Gasteiger partial charge in [0.1, 0.15) is 0 Å². The molecule has 1 aromatic carbocycles. The maximum atomic E-state index is 13.1. The highest BCUT2D eigenvalue weighted by atomic mass is 32.2. The van der Waals surface area contributed by atoms with E-state index in [4.69, 9.17) is 5.73 Å². The van der Waals surface area contributed by atoms with Crippen LogP contribution in [0.2, 0.25) is 0 Å². The van der Waals surface area contributed by atoms with Gasteiger partial charge in [-0.05, 0) is 29.9 Å². The fourth-order valence-corrected chi connectivity index (χ4v) is 4.97. The Morgan fingerprint density at radius 3 is 2.58 bits per heavy atom. The number of hydrogen-bond acceptors (Lipinski definition) is 6. The fraction of sp³-hybridized carbons (Fsp3) is 0.438. The van der Waals surface area contributed by atoms with E-state index >= 15 is 0 Å². The minimum atomic E-state index is -4.03. The van der Waals surface area contributed by atoms with Crippen LogP contribution in [0.5, 0.6) is 0 Å². The maximum absolute atomic E-state index is 13.1. The number of nitro groups is 1. The minimum absolute atomic E-state index is 0.0451. The molecule has 2 heterocycles. The van der Waals surface area contributed by atoms with Crippen molar-refractivity contribution in [3.05, 3.63) is 52.2 Å². The van der Waals surface area contributed by atoms with E-state index in [1.54, 1.807) is 6.92 Å². The van der Waals surface area contributed by atoms with Crippen LogP contribution >= 0.6 is 0 Å². The third kappa shape index (κ3) is 3.22. The normalized spacial score (nSPS) is 21.2. The van der Waals surface area contributed by atoms with Gasteiger partial charge in [0, 0.05) is 19.0 Å². The Hall–Kier alpha value is -2.30. The van der Waals surface area contributed by atoms with Crippen LogP contribution in [0.3, 0.4) is 0 Å². The summed E-state index contributed by atoms with van der Waals surface area (Å²) in [6, 6.07) is 9.58. The molecule has 3 rings (SSSR count). The van der Waals surface area contributed by atoms with Gasteiger partial charge in [-0.3, -0.25) is 0 Å². The molecule has 1 saturated heterocycles. The van der Waals surface area contributed by atoms with Crippen LogP contribution in [0.4, 0.5) is 5.82 Å². The van der Waals surface area contributed by atoms with Crippen molar-refractivity contribution in [3.8, 4) is 0 Å². The van der Waals surface area contributed by atoms with E-state index in [1.807, 2.05) is 30.3 Å². The summed E-state index contributed by atoms with van der Waals surface area (Å²) < 4.78 is 28.7. The number of nitrogens with zero attached hydrogens (tertiary/aromatic N) is 4. The molecular weight excluding hydrogens is 358 g/mol. The van der Waals surface area contributed by atoms with E-state index in [0.717, 1.165) is 5.56 Å². The van der Waals surface area contributed by atoms with Gasteiger partial charge in [0.05, 0.1) is 17.8 Å². The summed E-state index contributed by atoms with van der Waals surface area (Å²) in [5.74, 6) is -0.733.